The molecule has 1 saturated heterocycles. The molecule has 1 fully saturated rings. The van der Waals surface area contributed by atoms with Crippen molar-refractivity contribution in [3.05, 3.63) is 51.1 Å². The fourth-order valence-corrected chi connectivity index (χ4v) is 4.13. The van der Waals surface area contributed by atoms with Crippen LogP contribution in [0, 0.1) is 0 Å². The minimum atomic E-state index is -0.591. The number of hydrogen-bond acceptors (Lipinski definition) is 6. The van der Waals surface area contributed by atoms with E-state index in [1.54, 1.807) is 35.6 Å². The number of nitrogens with two attached hydrogens (primary N) is 1. The molecule has 3 rings (SSSR count). The van der Waals surface area contributed by atoms with Crippen LogP contribution in [0.25, 0.3) is 0 Å². The van der Waals surface area contributed by atoms with Crippen molar-refractivity contribution in [3.8, 4) is 0 Å². The van der Waals surface area contributed by atoms with Crippen molar-refractivity contribution in [3.63, 3.8) is 0 Å². The van der Waals surface area contributed by atoms with Crippen molar-refractivity contribution >= 4 is 67.4 Å². The second-order valence-corrected chi connectivity index (χ2v) is 8.54. The maximum atomic E-state index is 12.6. The van der Waals surface area contributed by atoms with E-state index in [1.165, 1.54) is 4.90 Å². The van der Waals surface area contributed by atoms with Crippen molar-refractivity contribution in [1.29, 1.82) is 0 Å². The standard InChI is InChI=1S/C17H15BrN4O2S2/c1-10(13-3-2-8-25-13)20-21-17(19)26-14-9-15(23)22(16(14)24)12-6-4-11(18)5-7-12/h2-8,14H,9H2,1H3,(H2,19,21)/b20-10-. The summed E-state index contributed by atoms with van der Waals surface area (Å²) in [5.74, 6) is -0.541. The third kappa shape index (κ3) is 4.22. The second kappa shape index (κ2) is 8.15. The quantitative estimate of drug-likeness (QED) is 0.333. The number of carbonyl (C=O) groups is 2. The second-order valence-electron chi connectivity index (χ2n) is 5.46. The third-order valence-electron chi connectivity index (χ3n) is 3.63. The van der Waals surface area contributed by atoms with E-state index in [0.717, 1.165) is 26.8 Å². The first-order valence-corrected chi connectivity index (χ1v) is 10.2. The van der Waals surface area contributed by atoms with Gasteiger partial charge >= 0.3 is 0 Å². The minimum Gasteiger partial charge on any atom is -0.377 e. The van der Waals surface area contributed by atoms with Crippen LogP contribution in [0.2, 0.25) is 0 Å². The zero-order valence-electron chi connectivity index (χ0n) is 13.8. The number of carbonyl (C=O) groups excluding carboxylic acids is 2. The number of nitrogens with zero attached hydrogens (tertiary/aromatic N) is 3. The lowest BCUT2D eigenvalue weighted by molar-refractivity contribution is -0.121. The van der Waals surface area contributed by atoms with Crippen LogP contribution in [0.1, 0.15) is 18.2 Å². The number of anilines is 1. The summed E-state index contributed by atoms with van der Waals surface area (Å²) < 4.78 is 0.876. The van der Waals surface area contributed by atoms with Gasteiger partial charge in [0.1, 0.15) is 5.25 Å². The van der Waals surface area contributed by atoms with E-state index in [-0.39, 0.29) is 23.4 Å². The molecular formula is C17H15BrN4O2S2. The Morgan fingerprint density at radius 1 is 1.27 bits per heavy atom. The lowest BCUT2D eigenvalue weighted by Crippen LogP contribution is -2.31. The molecule has 1 unspecified atom stereocenters. The minimum absolute atomic E-state index is 0.0867. The zero-order valence-corrected chi connectivity index (χ0v) is 17.0. The molecule has 6 nitrogen and oxygen atoms in total. The molecule has 1 aromatic carbocycles. The van der Waals surface area contributed by atoms with Crippen LogP contribution in [-0.2, 0) is 9.59 Å². The van der Waals surface area contributed by atoms with Crippen LogP contribution in [0.5, 0.6) is 0 Å². The van der Waals surface area contributed by atoms with Crippen LogP contribution in [0.4, 0.5) is 5.69 Å². The number of halogens is 1. The van der Waals surface area contributed by atoms with Gasteiger partial charge in [-0.15, -0.1) is 16.4 Å². The molecule has 1 aliphatic rings. The third-order valence-corrected chi connectivity index (χ3v) is 6.11. The summed E-state index contributed by atoms with van der Waals surface area (Å²) in [7, 11) is 0. The number of amides is 2. The highest BCUT2D eigenvalue weighted by molar-refractivity contribution is 9.10. The van der Waals surface area contributed by atoms with Gasteiger partial charge in [0.2, 0.25) is 11.8 Å². The average Bonchev–Trinajstić information content (AvgIpc) is 3.23. The SMILES string of the molecule is C/C(=N/N=C(\N)SC1CC(=O)N(c2ccc(Br)cc2)C1=O)c1cccs1. The highest BCUT2D eigenvalue weighted by Gasteiger charge is 2.40. The van der Waals surface area contributed by atoms with Gasteiger partial charge in [-0.2, -0.15) is 5.10 Å². The van der Waals surface area contributed by atoms with Crippen molar-refractivity contribution in [2.75, 3.05) is 4.90 Å². The Morgan fingerprint density at radius 3 is 2.65 bits per heavy atom. The van der Waals surface area contributed by atoms with Crippen molar-refractivity contribution in [2.45, 2.75) is 18.6 Å². The van der Waals surface area contributed by atoms with Gasteiger partial charge in [-0.05, 0) is 42.6 Å². The molecule has 2 amide bonds. The Hall–Kier alpha value is -1.97. The highest BCUT2D eigenvalue weighted by atomic mass is 79.9. The summed E-state index contributed by atoms with van der Waals surface area (Å²) in [6.07, 6.45) is 0.0867. The van der Waals surface area contributed by atoms with Gasteiger partial charge in [-0.25, -0.2) is 4.90 Å². The molecule has 9 heteroatoms. The van der Waals surface area contributed by atoms with E-state index in [2.05, 4.69) is 26.1 Å². The summed E-state index contributed by atoms with van der Waals surface area (Å²) in [6, 6.07) is 10.9. The van der Waals surface area contributed by atoms with E-state index in [1.807, 2.05) is 24.4 Å². The predicted octanol–water partition coefficient (Wildman–Crippen LogP) is 3.61. The molecular weight excluding hydrogens is 436 g/mol. The van der Waals surface area contributed by atoms with E-state index in [9.17, 15) is 9.59 Å². The molecule has 1 aliphatic heterocycles. The van der Waals surface area contributed by atoms with Crippen molar-refractivity contribution in [1.82, 2.24) is 0 Å². The number of imide groups is 1. The Morgan fingerprint density at radius 2 is 2.00 bits per heavy atom. The molecule has 0 spiro atoms. The van der Waals surface area contributed by atoms with Gasteiger partial charge in [0, 0.05) is 10.9 Å². The molecule has 1 aromatic heterocycles. The maximum absolute atomic E-state index is 12.6. The number of thiophene rings is 1. The summed E-state index contributed by atoms with van der Waals surface area (Å²) in [6.45, 7) is 1.84. The van der Waals surface area contributed by atoms with Crippen molar-refractivity contribution in [2.24, 2.45) is 15.9 Å². The summed E-state index contributed by atoms with van der Waals surface area (Å²) in [5.41, 5.74) is 7.18. The summed E-state index contributed by atoms with van der Waals surface area (Å²) in [4.78, 5) is 27.0. The average molecular weight is 451 g/mol. The maximum Gasteiger partial charge on any atom is 0.247 e. The first-order valence-electron chi connectivity index (χ1n) is 7.66. The molecule has 0 radical (unpaired) electrons. The first kappa shape index (κ1) is 18.8. The van der Waals surface area contributed by atoms with Crippen LogP contribution >= 0.6 is 39.0 Å². The molecule has 134 valence electrons. The molecule has 0 bridgehead atoms. The molecule has 2 aromatic rings. The van der Waals surface area contributed by atoms with Crippen LogP contribution in [0.3, 0.4) is 0 Å². The lowest BCUT2D eigenvalue weighted by atomic mass is 10.3. The highest BCUT2D eigenvalue weighted by Crippen LogP contribution is 2.30. The molecule has 2 N–H and O–H groups in total. The predicted molar refractivity (Wildman–Crippen MR) is 111 cm³/mol. The van der Waals surface area contributed by atoms with Gasteiger partial charge < -0.3 is 5.73 Å². The normalized spacial score (nSPS) is 18.7. The number of thioether (sulfide) groups is 1. The Balaban J connectivity index is 1.69. The van der Waals surface area contributed by atoms with E-state index < -0.39 is 5.25 Å². The summed E-state index contributed by atoms with van der Waals surface area (Å²) >= 11 is 5.96. The Labute approximate surface area is 167 Å². The fourth-order valence-electron chi connectivity index (χ4n) is 2.38. The first-order chi connectivity index (χ1) is 12.5. The van der Waals surface area contributed by atoms with Gasteiger partial charge in [0.15, 0.2) is 5.17 Å². The van der Waals surface area contributed by atoms with E-state index >= 15 is 0 Å². The molecule has 2 heterocycles. The largest absolute Gasteiger partial charge is 0.377 e. The molecule has 26 heavy (non-hydrogen) atoms. The van der Waals surface area contributed by atoms with E-state index in [0.29, 0.717) is 5.69 Å². The van der Waals surface area contributed by atoms with Gasteiger partial charge in [0.25, 0.3) is 0 Å². The van der Waals surface area contributed by atoms with Crippen LogP contribution < -0.4 is 10.6 Å². The van der Waals surface area contributed by atoms with Gasteiger partial charge in [-0.3, -0.25) is 9.59 Å². The van der Waals surface area contributed by atoms with Crippen molar-refractivity contribution < 1.29 is 9.59 Å². The van der Waals surface area contributed by atoms with Crippen LogP contribution in [0.15, 0.2) is 56.5 Å². The number of rotatable bonds is 4. The Kier molecular flexibility index (Phi) is 5.90. The smallest absolute Gasteiger partial charge is 0.247 e. The lowest BCUT2D eigenvalue weighted by Gasteiger charge is -2.14. The number of amidine groups is 1. The molecule has 1 atom stereocenters. The fraction of sp³-hybridized carbons (Fsp3) is 0.176. The number of benzene rings is 1. The zero-order chi connectivity index (χ0) is 18.7. The van der Waals surface area contributed by atoms with Gasteiger partial charge in [-0.1, -0.05) is 33.8 Å². The van der Waals surface area contributed by atoms with Crippen LogP contribution in [-0.4, -0.2) is 27.9 Å². The van der Waals surface area contributed by atoms with Gasteiger partial charge in [0.05, 0.1) is 16.3 Å². The Bertz CT molecular complexity index is 879. The summed E-state index contributed by atoms with van der Waals surface area (Å²) in [5, 5.41) is 9.59. The van der Waals surface area contributed by atoms with E-state index in [4.69, 9.17) is 5.73 Å². The topological polar surface area (TPSA) is 88.1 Å². The molecule has 0 aliphatic carbocycles. The monoisotopic (exact) mass is 450 g/mol. The number of hydrogen-bond donors (Lipinski definition) is 1. The molecule has 0 saturated carbocycles.